The Morgan fingerprint density at radius 2 is 1.22 bits per heavy atom. The average molecular weight is 259 g/mol. The Balaban J connectivity index is 3.22. The average Bonchev–Trinajstić information content (AvgIpc) is 2.29. The normalized spacial score (nSPS) is 10.0. The molecule has 0 aromatic heterocycles. The molecule has 0 aromatic carbocycles. The number of carboxylic acid groups (broad SMARTS) is 2. The summed E-state index contributed by atoms with van der Waals surface area (Å²) in [5.74, 6) is -2.03. The standard InChI is InChI=1S/C12H21NO5/c14-10(13-9-12(17)18)7-5-3-1-2-4-6-8-11(15)16/h1-9H2,(H,13,14)(H,15,16)(H,17,18). The molecule has 0 saturated heterocycles. The molecule has 0 atom stereocenters. The van der Waals surface area contributed by atoms with E-state index >= 15 is 0 Å². The first-order chi connectivity index (χ1) is 8.52. The van der Waals surface area contributed by atoms with Crippen LogP contribution < -0.4 is 5.32 Å². The first kappa shape index (κ1) is 16.4. The number of rotatable bonds is 11. The van der Waals surface area contributed by atoms with Crippen molar-refractivity contribution in [3.05, 3.63) is 0 Å². The summed E-state index contributed by atoms with van der Waals surface area (Å²) in [5.41, 5.74) is 0. The van der Waals surface area contributed by atoms with Crippen molar-refractivity contribution in [3.63, 3.8) is 0 Å². The number of hydrogen-bond donors (Lipinski definition) is 3. The molecule has 6 heteroatoms. The molecule has 6 nitrogen and oxygen atoms in total. The molecule has 0 aliphatic rings. The molecular weight excluding hydrogens is 238 g/mol. The third kappa shape index (κ3) is 12.5. The lowest BCUT2D eigenvalue weighted by Gasteiger charge is -2.02. The van der Waals surface area contributed by atoms with Crippen LogP contribution in [0.1, 0.15) is 51.4 Å². The van der Waals surface area contributed by atoms with Crippen LogP contribution in [0.5, 0.6) is 0 Å². The number of nitrogens with one attached hydrogen (secondary N) is 1. The van der Waals surface area contributed by atoms with Gasteiger partial charge in [-0.05, 0) is 12.8 Å². The number of carbonyl (C=O) groups is 3. The molecule has 0 bridgehead atoms. The highest BCUT2D eigenvalue weighted by molar-refractivity contribution is 5.80. The highest BCUT2D eigenvalue weighted by Gasteiger charge is 2.03. The molecular formula is C12H21NO5. The minimum absolute atomic E-state index is 0.220. The molecule has 0 spiro atoms. The zero-order chi connectivity index (χ0) is 13.8. The molecule has 3 N–H and O–H groups in total. The lowest BCUT2D eigenvalue weighted by Crippen LogP contribution is -2.28. The van der Waals surface area contributed by atoms with Gasteiger partial charge in [-0.25, -0.2) is 0 Å². The van der Waals surface area contributed by atoms with Crippen molar-refractivity contribution < 1.29 is 24.6 Å². The van der Waals surface area contributed by atoms with Crippen molar-refractivity contribution >= 4 is 17.8 Å². The van der Waals surface area contributed by atoms with E-state index in [1.807, 2.05) is 0 Å². The number of unbranched alkanes of at least 4 members (excludes halogenated alkanes) is 5. The van der Waals surface area contributed by atoms with Gasteiger partial charge in [0, 0.05) is 12.8 Å². The summed E-state index contributed by atoms with van der Waals surface area (Å²) in [5, 5.41) is 19.1. The molecule has 0 rings (SSSR count). The van der Waals surface area contributed by atoms with Crippen LogP contribution in [0.4, 0.5) is 0 Å². The van der Waals surface area contributed by atoms with E-state index in [1.54, 1.807) is 0 Å². The zero-order valence-corrected chi connectivity index (χ0v) is 10.5. The first-order valence-electron chi connectivity index (χ1n) is 6.22. The highest BCUT2D eigenvalue weighted by Crippen LogP contribution is 2.08. The minimum atomic E-state index is -1.04. The predicted molar refractivity (Wildman–Crippen MR) is 65.2 cm³/mol. The van der Waals surface area contributed by atoms with E-state index in [2.05, 4.69) is 5.32 Å². The molecule has 0 saturated carbocycles. The van der Waals surface area contributed by atoms with Gasteiger partial charge in [0.25, 0.3) is 0 Å². The third-order valence-electron chi connectivity index (χ3n) is 2.48. The van der Waals surface area contributed by atoms with Gasteiger partial charge in [0.2, 0.25) is 5.91 Å². The second-order valence-corrected chi connectivity index (χ2v) is 4.19. The van der Waals surface area contributed by atoms with Crippen molar-refractivity contribution in [2.75, 3.05) is 6.54 Å². The Kier molecular flexibility index (Phi) is 9.62. The van der Waals surface area contributed by atoms with Gasteiger partial charge in [-0.15, -0.1) is 0 Å². The number of aliphatic carboxylic acids is 2. The van der Waals surface area contributed by atoms with Crippen LogP contribution >= 0.6 is 0 Å². The lowest BCUT2D eigenvalue weighted by molar-refractivity contribution is -0.138. The third-order valence-corrected chi connectivity index (χ3v) is 2.48. The van der Waals surface area contributed by atoms with E-state index in [1.165, 1.54) is 0 Å². The molecule has 104 valence electrons. The van der Waals surface area contributed by atoms with Gasteiger partial charge in [0.15, 0.2) is 0 Å². The summed E-state index contributed by atoms with van der Waals surface area (Å²) in [6.45, 7) is -0.325. The maximum absolute atomic E-state index is 11.1. The quantitative estimate of drug-likeness (QED) is 0.486. The molecule has 0 aliphatic heterocycles. The van der Waals surface area contributed by atoms with Crippen LogP contribution in [0.2, 0.25) is 0 Å². The maximum Gasteiger partial charge on any atom is 0.322 e. The van der Waals surface area contributed by atoms with Gasteiger partial charge in [0.05, 0.1) is 0 Å². The van der Waals surface area contributed by atoms with Crippen molar-refractivity contribution in [1.29, 1.82) is 0 Å². The Labute approximate surface area is 106 Å². The van der Waals surface area contributed by atoms with Crippen molar-refractivity contribution in [3.8, 4) is 0 Å². The monoisotopic (exact) mass is 259 g/mol. The number of amides is 1. The molecule has 0 heterocycles. The van der Waals surface area contributed by atoms with Gasteiger partial charge in [-0.1, -0.05) is 25.7 Å². The number of carbonyl (C=O) groups excluding carboxylic acids is 1. The summed E-state index contributed by atoms with van der Waals surface area (Å²) in [6, 6.07) is 0. The molecule has 18 heavy (non-hydrogen) atoms. The topological polar surface area (TPSA) is 104 Å². The Morgan fingerprint density at radius 3 is 1.72 bits per heavy atom. The predicted octanol–water partition coefficient (Wildman–Crippen LogP) is 1.39. The lowest BCUT2D eigenvalue weighted by atomic mass is 10.1. The summed E-state index contributed by atoms with van der Waals surface area (Å²) >= 11 is 0. The first-order valence-corrected chi connectivity index (χ1v) is 6.22. The van der Waals surface area contributed by atoms with E-state index in [0.717, 1.165) is 32.1 Å². The van der Waals surface area contributed by atoms with Gasteiger partial charge in [-0.2, -0.15) is 0 Å². The zero-order valence-electron chi connectivity index (χ0n) is 10.5. The second-order valence-electron chi connectivity index (χ2n) is 4.19. The number of hydrogen-bond acceptors (Lipinski definition) is 3. The molecule has 0 fully saturated rings. The fraction of sp³-hybridized carbons (Fsp3) is 0.750. The summed E-state index contributed by atoms with van der Waals surface area (Å²) < 4.78 is 0. The van der Waals surface area contributed by atoms with Gasteiger partial charge in [0.1, 0.15) is 6.54 Å². The van der Waals surface area contributed by atoms with Crippen LogP contribution in [0.15, 0.2) is 0 Å². The minimum Gasteiger partial charge on any atom is -0.481 e. The van der Waals surface area contributed by atoms with Crippen LogP contribution in [0.3, 0.4) is 0 Å². The fourth-order valence-corrected chi connectivity index (χ4v) is 1.53. The highest BCUT2D eigenvalue weighted by atomic mass is 16.4. The van der Waals surface area contributed by atoms with E-state index in [4.69, 9.17) is 10.2 Å². The maximum atomic E-state index is 11.1. The van der Waals surface area contributed by atoms with Gasteiger partial charge < -0.3 is 15.5 Å². The molecule has 1 amide bonds. The van der Waals surface area contributed by atoms with Crippen LogP contribution in [0.25, 0.3) is 0 Å². The van der Waals surface area contributed by atoms with Gasteiger partial charge in [-0.3, -0.25) is 14.4 Å². The SMILES string of the molecule is O=C(O)CCCCCCCCC(=O)NCC(=O)O. The van der Waals surface area contributed by atoms with E-state index in [0.29, 0.717) is 12.8 Å². The molecule has 0 radical (unpaired) electrons. The molecule has 0 aromatic rings. The Bertz CT molecular complexity index is 278. The Hall–Kier alpha value is -1.59. The molecule has 0 aliphatic carbocycles. The second kappa shape index (κ2) is 10.6. The van der Waals surface area contributed by atoms with Crippen LogP contribution in [-0.4, -0.2) is 34.6 Å². The summed E-state index contributed by atoms with van der Waals surface area (Å²) in [6.07, 6.45) is 5.78. The van der Waals surface area contributed by atoms with E-state index < -0.39 is 11.9 Å². The molecule has 0 unspecified atom stereocenters. The fourth-order valence-electron chi connectivity index (χ4n) is 1.53. The largest absolute Gasteiger partial charge is 0.481 e. The van der Waals surface area contributed by atoms with Crippen LogP contribution in [-0.2, 0) is 14.4 Å². The van der Waals surface area contributed by atoms with Crippen LogP contribution in [0, 0.1) is 0 Å². The number of carboxylic acids is 2. The van der Waals surface area contributed by atoms with Crippen molar-refractivity contribution in [2.24, 2.45) is 0 Å². The summed E-state index contributed by atoms with van der Waals surface area (Å²) in [7, 11) is 0. The van der Waals surface area contributed by atoms with Gasteiger partial charge >= 0.3 is 11.9 Å². The van der Waals surface area contributed by atoms with E-state index in [9.17, 15) is 14.4 Å². The Morgan fingerprint density at radius 1 is 0.722 bits per heavy atom. The summed E-state index contributed by atoms with van der Waals surface area (Å²) in [4.78, 5) is 31.5. The van der Waals surface area contributed by atoms with E-state index in [-0.39, 0.29) is 18.9 Å². The smallest absolute Gasteiger partial charge is 0.322 e. The van der Waals surface area contributed by atoms with Crippen molar-refractivity contribution in [1.82, 2.24) is 5.32 Å². The van der Waals surface area contributed by atoms with Crippen molar-refractivity contribution in [2.45, 2.75) is 51.4 Å².